The maximum atomic E-state index is 13.2. The number of piperidine rings is 1. The van der Waals surface area contributed by atoms with Gasteiger partial charge in [0.25, 0.3) is 5.56 Å². The third-order valence-corrected chi connectivity index (χ3v) is 7.59. The number of hydrogen-bond donors (Lipinski definition) is 2. The molecule has 2 aromatic heterocycles. The predicted molar refractivity (Wildman–Crippen MR) is 116 cm³/mol. The van der Waals surface area contributed by atoms with Gasteiger partial charge in [-0.25, -0.2) is 0 Å². The van der Waals surface area contributed by atoms with E-state index in [2.05, 4.69) is 15.1 Å². The molecule has 1 aromatic carbocycles. The molecule has 1 aliphatic heterocycles. The van der Waals surface area contributed by atoms with E-state index in [0.29, 0.717) is 44.3 Å². The third-order valence-electron chi connectivity index (χ3n) is 6.77. The molecule has 1 unspecified atom stereocenters. The van der Waals surface area contributed by atoms with E-state index >= 15 is 0 Å². The van der Waals surface area contributed by atoms with Crippen LogP contribution in [0.1, 0.15) is 25.7 Å². The van der Waals surface area contributed by atoms with E-state index in [1.54, 1.807) is 29.8 Å². The van der Waals surface area contributed by atoms with Gasteiger partial charge in [0.1, 0.15) is 5.39 Å². The van der Waals surface area contributed by atoms with Crippen LogP contribution in [0.2, 0.25) is 10.0 Å². The summed E-state index contributed by atoms with van der Waals surface area (Å²) >= 11 is 12.5. The molecular weight excluding hydrogens is 411 g/mol. The van der Waals surface area contributed by atoms with Crippen molar-refractivity contribution in [3.05, 3.63) is 38.6 Å². The second-order valence-corrected chi connectivity index (χ2v) is 8.95. The average molecular weight is 433 g/mol. The summed E-state index contributed by atoms with van der Waals surface area (Å²) in [6.07, 6.45) is 4.39. The average Bonchev–Trinajstić information content (AvgIpc) is 3.15. The highest BCUT2D eigenvalue weighted by molar-refractivity contribution is 6.43. The van der Waals surface area contributed by atoms with Crippen LogP contribution in [0.5, 0.6) is 0 Å². The Labute approximate surface area is 177 Å². The molecule has 29 heavy (non-hydrogen) atoms. The lowest BCUT2D eigenvalue weighted by molar-refractivity contribution is 0.0607. The fourth-order valence-corrected chi connectivity index (χ4v) is 5.11. The molecule has 152 valence electrons. The summed E-state index contributed by atoms with van der Waals surface area (Å²) < 4.78 is 1.60. The SMILES string of the molecule is Cn1c(N2CCC3(CCC3N)CC2)nc2n[nH]c(-c3cccc(Cl)c3Cl)c2c1=O. The summed E-state index contributed by atoms with van der Waals surface area (Å²) in [6.45, 7) is 1.69. The van der Waals surface area contributed by atoms with Gasteiger partial charge in [-0.3, -0.25) is 14.5 Å². The monoisotopic (exact) mass is 432 g/mol. The number of nitrogens with zero attached hydrogens (tertiary/aromatic N) is 4. The van der Waals surface area contributed by atoms with E-state index in [1.807, 2.05) is 0 Å². The molecule has 1 saturated heterocycles. The van der Waals surface area contributed by atoms with Crippen molar-refractivity contribution in [2.75, 3.05) is 18.0 Å². The van der Waals surface area contributed by atoms with Crippen LogP contribution >= 0.6 is 23.2 Å². The van der Waals surface area contributed by atoms with Gasteiger partial charge in [-0.2, -0.15) is 10.1 Å². The van der Waals surface area contributed by atoms with E-state index in [4.69, 9.17) is 33.9 Å². The second-order valence-electron chi connectivity index (χ2n) is 8.17. The zero-order chi connectivity index (χ0) is 20.3. The molecule has 3 N–H and O–H groups in total. The number of aromatic amines is 1. The van der Waals surface area contributed by atoms with Crippen molar-refractivity contribution in [2.24, 2.45) is 18.2 Å². The Kier molecular flexibility index (Phi) is 4.38. The van der Waals surface area contributed by atoms with Crippen molar-refractivity contribution >= 4 is 40.2 Å². The number of rotatable bonds is 2. The summed E-state index contributed by atoms with van der Waals surface area (Å²) in [6, 6.07) is 5.61. The molecule has 2 fully saturated rings. The van der Waals surface area contributed by atoms with Gasteiger partial charge in [-0.15, -0.1) is 0 Å². The van der Waals surface area contributed by atoms with E-state index in [1.165, 1.54) is 6.42 Å². The molecule has 1 saturated carbocycles. The molecule has 1 aliphatic carbocycles. The minimum Gasteiger partial charge on any atom is -0.342 e. The van der Waals surface area contributed by atoms with Gasteiger partial charge in [-0.05, 0) is 37.2 Å². The summed E-state index contributed by atoms with van der Waals surface area (Å²) in [5, 5.41) is 8.43. The van der Waals surface area contributed by atoms with Crippen LogP contribution in [-0.2, 0) is 7.05 Å². The second kappa shape index (κ2) is 6.72. The Balaban J connectivity index is 1.55. The van der Waals surface area contributed by atoms with Crippen LogP contribution in [0.3, 0.4) is 0 Å². The van der Waals surface area contributed by atoms with E-state index < -0.39 is 0 Å². The van der Waals surface area contributed by atoms with Gasteiger partial charge >= 0.3 is 0 Å². The lowest BCUT2D eigenvalue weighted by Crippen LogP contribution is -2.56. The van der Waals surface area contributed by atoms with E-state index in [0.717, 1.165) is 32.4 Å². The van der Waals surface area contributed by atoms with Crippen molar-refractivity contribution in [1.29, 1.82) is 0 Å². The first-order valence-corrected chi connectivity index (χ1v) is 10.6. The smallest absolute Gasteiger partial charge is 0.266 e. The van der Waals surface area contributed by atoms with Crippen LogP contribution in [0.4, 0.5) is 5.95 Å². The van der Waals surface area contributed by atoms with Crippen molar-refractivity contribution in [3.8, 4) is 11.3 Å². The first kappa shape index (κ1) is 18.9. The standard InChI is InChI=1S/C20H22Cl2N6O/c1-27-18(29)14-16(11-3-2-4-12(21)15(11)22)25-26-17(14)24-19(27)28-9-7-20(8-10-28)6-5-13(20)23/h2-4,13H,5-10,23H2,1H3,(H,25,26). The van der Waals surface area contributed by atoms with Gasteiger partial charge in [-0.1, -0.05) is 35.3 Å². The molecule has 5 rings (SSSR count). The molecule has 7 nitrogen and oxygen atoms in total. The van der Waals surface area contributed by atoms with E-state index in [-0.39, 0.29) is 11.0 Å². The fourth-order valence-electron chi connectivity index (χ4n) is 4.71. The number of nitrogens with two attached hydrogens (primary N) is 1. The van der Waals surface area contributed by atoms with Crippen molar-refractivity contribution in [2.45, 2.75) is 31.7 Å². The lowest BCUT2D eigenvalue weighted by Gasteiger charge is -2.52. The lowest BCUT2D eigenvalue weighted by atomic mass is 9.60. The Hall–Kier alpha value is -2.09. The van der Waals surface area contributed by atoms with Gasteiger partial charge < -0.3 is 10.6 Å². The number of fused-ring (bicyclic) bond motifs is 1. The zero-order valence-electron chi connectivity index (χ0n) is 16.1. The molecule has 3 aromatic rings. The van der Waals surface area contributed by atoms with Crippen LogP contribution in [0.25, 0.3) is 22.3 Å². The molecule has 0 bridgehead atoms. The number of H-pyrrole nitrogens is 1. The van der Waals surface area contributed by atoms with Gasteiger partial charge in [0.2, 0.25) is 5.95 Å². The van der Waals surface area contributed by atoms with Crippen molar-refractivity contribution in [3.63, 3.8) is 0 Å². The molecule has 2 aliphatic rings. The van der Waals surface area contributed by atoms with E-state index in [9.17, 15) is 4.79 Å². The highest BCUT2D eigenvalue weighted by atomic mass is 35.5. The highest BCUT2D eigenvalue weighted by Gasteiger charge is 2.46. The molecule has 0 amide bonds. The normalized spacial score (nSPS) is 21.0. The predicted octanol–water partition coefficient (Wildman–Crippen LogP) is 3.34. The van der Waals surface area contributed by atoms with Crippen molar-refractivity contribution in [1.82, 2.24) is 19.7 Å². The quantitative estimate of drug-likeness (QED) is 0.647. The maximum absolute atomic E-state index is 13.2. The Morgan fingerprint density at radius 2 is 2.00 bits per heavy atom. The largest absolute Gasteiger partial charge is 0.342 e. The van der Waals surface area contributed by atoms with Crippen LogP contribution in [0, 0.1) is 5.41 Å². The Morgan fingerprint density at radius 3 is 2.66 bits per heavy atom. The molecule has 3 heterocycles. The minimum atomic E-state index is -0.162. The molecule has 0 radical (unpaired) electrons. The number of halogens is 2. The van der Waals surface area contributed by atoms with Crippen molar-refractivity contribution < 1.29 is 0 Å². The number of anilines is 1. The fraction of sp³-hybridized carbons (Fsp3) is 0.450. The molecule has 9 heteroatoms. The number of nitrogens with one attached hydrogen (secondary N) is 1. The summed E-state index contributed by atoms with van der Waals surface area (Å²) in [5.41, 5.74) is 7.92. The molecular formula is C20H22Cl2N6O. The topological polar surface area (TPSA) is 92.8 Å². The number of hydrogen-bond acceptors (Lipinski definition) is 5. The number of aromatic nitrogens is 4. The maximum Gasteiger partial charge on any atom is 0.266 e. The van der Waals surface area contributed by atoms with Crippen LogP contribution in [-0.4, -0.2) is 38.9 Å². The summed E-state index contributed by atoms with van der Waals surface area (Å²) in [4.78, 5) is 20.1. The summed E-state index contributed by atoms with van der Waals surface area (Å²) in [5.74, 6) is 0.639. The minimum absolute atomic E-state index is 0.162. The Morgan fingerprint density at radius 1 is 1.24 bits per heavy atom. The van der Waals surface area contributed by atoms with Gasteiger partial charge in [0.15, 0.2) is 5.65 Å². The third kappa shape index (κ3) is 2.79. The highest BCUT2D eigenvalue weighted by Crippen LogP contribution is 2.48. The zero-order valence-corrected chi connectivity index (χ0v) is 17.6. The van der Waals surface area contributed by atoms with Gasteiger partial charge in [0, 0.05) is 31.7 Å². The van der Waals surface area contributed by atoms with Gasteiger partial charge in [0.05, 0.1) is 15.7 Å². The molecule has 1 spiro atoms. The molecule has 1 atom stereocenters. The number of benzene rings is 1. The van der Waals surface area contributed by atoms with Crippen LogP contribution < -0.4 is 16.2 Å². The van der Waals surface area contributed by atoms with Crippen LogP contribution in [0.15, 0.2) is 23.0 Å². The first-order valence-electron chi connectivity index (χ1n) is 9.81. The Bertz CT molecular complexity index is 1160. The summed E-state index contributed by atoms with van der Waals surface area (Å²) in [7, 11) is 1.75. The first-order chi connectivity index (χ1) is 13.9.